The molecule has 0 aliphatic carbocycles. The summed E-state index contributed by atoms with van der Waals surface area (Å²) in [6.07, 6.45) is 2.29. The lowest BCUT2D eigenvalue weighted by atomic mass is 10.1. The van der Waals surface area contributed by atoms with Crippen molar-refractivity contribution in [3.8, 4) is 0 Å². The molecule has 1 aromatic rings. The summed E-state index contributed by atoms with van der Waals surface area (Å²) in [5.74, 6) is 3.14. The van der Waals surface area contributed by atoms with Gasteiger partial charge in [0.2, 0.25) is 0 Å². The van der Waals surface area contributed by atoms with Crippen LogP contribution in [0, 0.1) is 6.92 Å². The second kappa shape index (κ2) is 5.64. The Hall–Kier alpha value is -0.610. The predicted molar refractivity (Wildman–Crippen MR) is 68.6 cm³/mol. The van der Waals surface area contributed by atoms with Gasteiger partial charge in [0.25, 0.3) is 0 Å². The Morgan fingerprint density at radius 3 is 3.06 bits per heavy atom. The highest BCUT2D eigenvalue weighted by Crippen LogP contribution is 2.17. The molecule has 88 valence electrons. The van der Waals surface area contributed by atoms with Crippen LogP contribution in [0.15, 0.2) is 0 Å². The number of fused-ring (bicyclic) bond motifs is 1. The van der Waals surface area contributed by atoms with E-state index in [1.165, 1.54) is 29.1 Å². The van der Waals surface area contributed by atoms with Crippen molar-refractivity contribution in [2.75, 3.05) is 12.3 Å². The third-order valence-corrected chi connectivity index (χ3v) is 3.93. The maximum absolute atomic E-state index is 4.65. The summed E-state index contributed by atoms with van der Waals surface area (Å²) in [6, 6.07) is 0. The molecule has 0 aromatic carbocycles. The van der Waals surface area contributed by atoms with E-state index in [9.17, 15) is 0 Å². The van der Waals surface area contributed by atoms with Gasteiger partial charge in [-0.3, -0.25) is 0 Å². The Labute approximate surface area is 101 Å². The molecule has 2 rings (SSSR count). The molecule has 0 spiro atoms. The Kier molecular flexibility index (Phi) is 4.18. The highest BCUT2D eigenvalue weighted by atomic mass is 32.2. The van der Waals surface area contributed by atoms with E-state index >= 15 is 0 Å². The van der Waals surface area contributed by atoms with Crippen molar-refractivity contribution in [1.82, 2.24) is 15.3 Å². The highest BCUT2D eigenvalue weighted by Gasteiger charge is 2.14. The standard InChI is InChI=1S/C12H19N3S/c1-3-6-16-8-12-14-9(2)10-4-5-13-7-11(10)15-12/h13H,3-8H2,1-2H3. The molecule has 0 saturated carbocycles. The first-order chi connectivity index (χ1) is 7.81. The number of nitrogens with zero attached hydrogens (tertiary/aromatic N) is 2. The number of rotatable bonds is 4. The molecule has 1 aliphatic rings. The number of aromatic nitrogens is 2. The van der Waals surface area contributed by atoms with Gasteiger partial charge >= 0.3 is 0 Å². The molecule has 1 aromatic heterocycles. The van der Waals surface area contributed by atoms with Gasteiger partial charge < -0.3 is 5.32 Å². The fraction of sp³-hybridized carbons (Fsp3) is 0.667. The Bertz CT molecular complexity index is 366. The van der Waals surface area contributed by atoms with E-state index in [0.29, 0.717) is 0 Å². The Morgan fingerprint density at radius 1 is 1.38 bits per heavy atom. The fourth-order valence-corrected chi connectivity index (χ4v) is 2.73. The van der Waals surface area contributed by atoms with Gasteiger partial charge in [-0.2, -0.15) is 11.8 Å². The first-order valence-electron chi connectivity index (χ1n) is 5.95. The Balaban J connectivity index is 2.12. The molecular weight excluding hydrogens is 218 g/mol. The lowest BCUT2D eigenvalue weighted by molar-refractivity contribution is 0.614. The van der Waals surface area contributed by atoms with Gasteiger partial charge in [-0.25, -0.2) is 9.97 Å². The zero-order chi connectivity index (χ0) is 11.4. The normalized spacial score (nSPS) is 14.9. The van der Waals surface area contributed by atoms with E-state index in [-0.39, 0.29) is 0 Å². The average Bonchev–Trinajstić information content (AvgIpc) is 2.30. The van der Waals surface area contributed by atoms with Crippen molar-refractivity contribution in [2.24, 2.45) is 0 Å². The molecule has 0 unspecified atom stereocenters. The molecule has 0 atom stereocenters. The number of hydrogen-bond acceptors (Lipinski definition) is 4. The number of thioether (sulfide) groups is 1. The fourth-order valence-electron chi connectivity index (χ4n) is 1.98. The summed E-state index contributed by atoms with van der Waals surface area (Å²) in [5.41, 5.74) is 3.76. The Morgan fingerprint density at radius 2 is 2.25 bits per heavy atom. The van der Waals surface area contributed by atoms with E-state index in [0.717, 1.165) is 31.1 Å². The lowest BCUT2D eigenvalue weighted by Gasteiger charge is -2.18. The summed E-state index contributed by atoms with van der Waals surface area (Å²) in [6.45, 7) is 6.28. The van der Waals surface area contributed by atoms with E-state index in [1.807, 2.05) is 11.8 Å². The summed E-state index contributed by atoms with van der Waals surface area (Å²) in [7, 11) is 0. The lowest BCUT2D eigenvalue weighted by Crippen LogP contribution is -2.26. The van der Waals surface area contributed by atoms with Gasteiger partial charge in [-0.05, 0) is 37.6 Å². The summed E-state index contributed by atoms with van der Waals surface area (Å²) in [5, 5.41) is 3.37. The van der Waals surface area contributed by atoms with Gasteiger partial charge in [-0.15, -0.1) is 0 Å². The van der Waals surface area contributed by atoms with Crippen LogP contribution in [0.3, 0.4) is 0 Å². The zero-order valence-corrected chi connectivity index (χ0v) is 10.9. The first kappa shape index (κ1) is 11.9. The molecular formula is C12H19N3S. The first-order valence-corrected chi connectivity index (χ1v) is 7.10. The van der Waals surface area contributed by atoms with Crippen molar-refractivity contribution >= 4 is 11.8 Å². The largest absolute Gasteiger partial charge is 0.311 e. The van der Waals surface area contributed by atoms with Crippen LogP contribution >= 0.6 is 11.8 Å². The minimum Gasteiger partial charge on any atom is -0.311 e. The monoisotopic (exact) mass is 237 g/mol. The summed E-state index contributed by atoms with van der Waals surface area (Å²) < 4.78 is 0. The molecule has 16 heavy (non-hydrogen) atoms. The molecule has 0 fully saturated rings. The van der Waals surface area contributed by atoms with Crippen LogP contribution in [-0.2, 0) is 18.7 Å². The van der Waals surface area contributed by atoms with Gasteiger partial charge in [-0.1, -0.05) is 6.92 Å². The molecule has 0 saturated heterocycles. The maximum Gasteiger partial charge on any atom is 0.138 e. The third kappa shape index (κ3) is 2.74. The molecule has 4 heteroatoms. The van der Waals surface area contributed by atoms with E-state index in [1.54, 1.807) is 0 Å². The van der Waals surface area contributed by atoms with Crippen molar-refractivity contribution in [1.29, 1.82) is 0 Å². The molecule has 0 amide bonds. The van der Waals surface area contributed by atoms with Gasteiger partial charge in [0.15, 0.2) is 0 Å². The number of hydrogen-bond donors (Lipinski definition) is 1. The van der Waals surface area contributed by atoms with Crippen LogP contribution in [0.25, 0.3) is 0 Å². The minimum absolute atomic E-state index is 0.907. The third-order valence-electron chi connectivity index (χ3n) is 2.77. The number of nitrogens with one attached hydrogen (secondary N) is 1. The van der Waals surface area contributed by atoms with Crippen LogP contribution in [0.5, 0.6) is 0 Å². The van der Waals surface area contributed by atoms with E-state index in [2.05, 4.69) is 29.1 Å². The number of aryl methyl sites for hydroxylation is 1. The van der Waals surface area contributed by atoms with E-state index < -0.39 is 0 Å². The smallest absolute Gasteiger partial charge is 0.138 e. The van der Waals surface area contributed by atoms with E-state index in [4.69, 9.17) is 0 Å². The van der Waals surface area contributed by atoms with Gasteiger partial charge in [0, 0.05) is 12.2 Å². The zero-order valence-electron chi connectivity index (χ0n) is 10.0. The van der Waals surface area contributed by atoms with Crippen LogP contribution in [0.4, 0.5) is 0 Å². The maximum atomic E-state index is 4.65. The van der Waals surface area contributed by atoms with Crippen LogP contribution < -0.4 is 5.32 Å². The van der Waals surface area contributed by atoms with Gasteiger partial charge in [0.1, 0.15) is 5.82 Å². The van der Waals surface area contributed by atoms with Crippen LogP contribution in [-0.4, -0.2) is 22.3 Å². The van der Waals surface area contributed by atoms with Crippen LogP contribution in [0.1, 0.15) is 36.1 Å². The molecule has 1 aliphatic heterocycles. The van der Waals surface area contributed by atoms with Crippen molar-refractivity contribution in [3.63, 3.8) is 0 Å². The second-order valence-corrected chi connectivity index (χ2v) is 5.24. The molecule has 2 heterocycles. The molecule has 3 nitrogen and oxygen atoms in total. The van der Waals surface area contributed by atoms with Crippen molar-refractivity contribution in [3.05, 3.63) is 22.8 Å². The van der Waals surface area contributed by atoms with Crippen molar-refractivity contribution in [2.45, 2.75) is 39.0 Å². The molecule has 1 N–H and O–H groups in total. The highest BCUT2D eigenvalue weighted by molar-refractivity contribution is 7.98. The topological polar surface area (TPSA) is 37.8 Å². The quantitative estimate of drug-likeness (QED) is 0.814. The van der Waals surface area contributed by atoms with Crippen LogP contribution in [0.2, 0.25) is 0 Å². The van der Waals surface area contributed by atoms with Gasteiger partial charge in [0.05, 0.1) is 11.4 Å². The second-order valence-electron chi connectivity index (χ2n) is 4.13. The minimum atomic E-state index is 0.907. The average molecular weight is 237 g/mol. The SMILES string of the molecule is CCCSCc1nc(C)c2c(n1)CNCC2. The molecule has 0 radical (unpaired) electrons. The summed E-state index contributed by atoms with van der Waals surface area (Å²) >= 11 is 1.92. The summed E-state index contributed by atoms with van der Waals surface area (Å²) in [4.78, 5) is 9.25. The molecule has 0 bridgehead atoms. The van der Waals surface area contributed by atoms with Crippen molar-refractivity contribution < 1.29 is 0 Å². The predicted octanol–water partition coefficient (Wildman–Crippen LogP) is 2.07.